The first-order chi connectivity index (χ1) is 16.4. The zero-order valence-corrected chi connectivity index (χ0v) is 18.2. The molecular weight excluding hydrogens is 501 g/mol. The van der Waals surface area contributed by atoms with Gasteiger partial charge in [0.05, 0.1) is 22.5 Å². The number of aromatic nitrogens is 2. The van der Waals surface area contributed by atoms with Gasteiger partial charge in [-0.1, -0.05) is 17.7 Å². The van der Waals surface area contributed by atoms with E-state index in [1.165, 1.54) is 24.3 Å². The Bertz CT molecular complexity index is 1210. The maximum atomic E-state index is 13.8. The van der Waals surface area contributed by atoms with Crippen LogP contribution in [-0.4, -0.2) is 45.7 Å². The number of alkyl halides is 3. The third kappa shape index (κ3) is 5.87. The van der Waals surface area contributed by atoms with Gasteiger partial charge in [-0.25, -0.2) is 13.5 Å². The number of halogens is 6. The average molecular weight is 518 g/mol. The Balaban J connectivity index is 1.73. The van der Waals surface area contributed by atoms with Gasteiger partial charge in [-0.3, -0.25) is 9.59 Å². The number of nitrogens with one attached hydrogen (secondary N) is 2. The zero-order chi connectivity index (χ0) is 25.9. The molecule has 0 bridgehead atoms. The maximum absolute atomic E-state index is 13.8. The molecule has 8 nitrogen and oxygen atoms in total. The molecule has 2 aromatic carbocycles. The molecule has 0 aliphatic heterocycles. The highest BCUT2D eigenvalue weighted by atomic mass is 35.5. The van der Waals surface area contributed by atoms with Gasteiger partial charge in [0.1, 0.15) is 35.2 Å². The van der Waals surface area contributed by atoms with E-state index in [2.05, 4.69) is 5.10 Å². The molecular formula is C21H17ClF5N5O3. The number of benzene rings is 2. The Morgan fingerprint density at radius 2 is 1.77 bits per heavy atom. The Kier molecular flexibility index (Phi) is 7.60. The third-order valence-corrected chi connectivity index (χ3v) is 5.19. The predicted octanol–water partition coefficient (Wildman–Crippen LogP) is 3.04. The first-order valence-electron chi connectivity index (χ1n) is 9.77. The van der Waals surface area contributed by atoms with E-state index < -0.39 is 53.9 Å². The van der Waals surface area contributed by atoms with Crippen molar-refractivity contribution in [2.24, 2.45) is 5.92 Å². The minimum Gasteiger partial charge on any atom is -0.383 e. The van der Waals surface area contributed by atoms with Crippen LogP contribution in [0.25, 0.3) is 5.69 Å². The van der Waals surface area contributed by atoms with Crippen LogP contribution in [-0.2, 0) is 0 Å². The first kappa shape index (κ1) is 25.9. The molecule has 0 spiro atoms. The minimum absolute atomic E-state index is 0.270. The molecule has 186 valence electrons. The molecule has 5 N–H and O–H groups in total. The molecule has 0 aliphatic rings. The van der Waals surface area contributed by atoms with E-state index in [0.29, 0.717) is 0 Å². The van der Waals surface area contributed by atoms with Gasteiger partial charge in [-0.15, -0.1) is 0 Å². The number of carbonyl (C=O) groups excluding carboxylic acids is 2. The van der Waals surface area contributed by atoms with Crippen LogP contribution in [0, 0.1) is 17.6 Å². The number of rotatable bonds is 7. The molecule has 2 unspecified atom stereocenters. The van der Waals surface area contributed by atoms with Crippen molar-refractivity contribution in [3.05, 3.63) is 76.4 Å². The van der Waals surface area contributed by atoms with Gasteiger partial charge in [-0.2, -0.15) is 18.3 Å². The van der Waals surface area contributed by atoms with Crippen LogP contribution >= 0.6 is 11.6 Å². The van der Waals surface area contributed by atoms with Crippen molar-refractivity contribution in [1.82, 2.24) is 20.4 Å². The summed E-state index contributed by atoms with van der Waals surface area (Å²) < 4.78 is 68.6. The van der Waals surface area contributed by atoms with Crippen LogP contribution in [0.5, 0.6) is 0 Å². The van der Waals surface area contributed by atoms with Crippen molar-refractivity contribution in [3.63, 3.8) is 0 Å². The lowest BCUT2D eigenvalue weighted by Crippen LogP contribution is -2.50. The number of nitrogens with two attached hydrogens (primary N) is 1. The van der Waals surface area contributed by atoms with Crippen LogP contribution in [0.15, 0.2) is 48.7 Å². The smallest absolute Gasteiger partial charge is 0.383 e. The normalized spacial score (nSPS) is 13.2. The molecule has 1 heterocycles. The summed E-state index contributed by atoms with van der Waals surface area (Å²) in [6.45, 7) is -1.21. The van der Waals surface area contributed by atoms with Gasteiger partial charge in [0, 0.05) is 6.54 Å². The van der Waals surface area contributed by atoms with Crippen LogP contribution < -0.4 is 16.4 Å². The summed E-state index contributed by atoms with van der Waals surface area (Å²) in [6, 6.07) is 8.10. The Morgan fingerprint density at radius 1 is 1.11 bits per heavy atom. The van der Waals surface area contributed by atoms with Crippen LogP contribution in [0.4, 0.5) is 27.8 Å². The summed E-state index contributed by atoms with van der Waals surface area (Å²) >= 11 is 5.73. The average Bonchev–Trinajstić information content (AvgIpc) is 3.14. The van der Waals surface area contributed by atoms with E-state index in [-0.39, 0.29) is 22.1 Å². The summed E-state index contributed by atoms with van der Waals surface area (Å²) in [5.74, 6) is -6.99. The minimum atomic E-state index is -5.08. The molecule has 0 saturated carbocycles. The fourth-order valence-electron chi connectivity index (χ4n) is 3.05. The number of anilines is 1. The Labute approximate surface area is 199 Å². The predicted molar refractivity (Wildman–Crippen MR) is 115 cm³/mol. The molecule has 2 amide bonds. The number of amides is 2. The van der Waals surface area contributed by atoms with Crippen LogP contribution in [0.3, 0.4) is 0 Å². The summed E-state index contributed by atoms with van der Waals surface area (Å²) in [5.41, 5.74) is 5.07. The van der Waals surface area contributed by atoms with Crippen molar-refractivity contribution in [1.29, 1.82) is 0 Å². The monoisotopic (exact) mass is 517 g/mol. The molecule has 35 heavy (non-hydrogen) atoms. The molecule has 14 heteroatoms. The van der Waals surface area contributed by atoms with Crippen LogP contribution in [0.1, 0.15) is 20.7 Å². The van der Waals surface area contributed by atoms with Gasteiger partial charge < -0.3 is 21.5 Å². The topological polar surface area (TPSA) is 122 Å². The van der Waals surface area contributed by atoms with Crippen molar-refractivity contribution in [3.8, 4) is 5.69 Å². The second-order valence-electron chi connectivity index (χ2n) is 7.20. The first-order valence-corrected chi connectivity index (χ1v) is 10.1. The van der Waals surface area contributed by atoms with Crippen molar-refractivity contribution in [2.45, 2.75) is 12.4 Å². The van der Waals surface area contributed by atoms with E-state index in [1.807, 2.05) is 5.32 Å². The molecule has 0 fully saturated rings. The van der Waals surface area contributed by atoms with Crippen molar-refractivity contribution < 1.29 is 36.6 Å². The second-order valence-corrected chi connectivity index (χ2v) is 7.61. The van der Waals surface area contributed by atoms with Gasteiger partial charge >= 0.3 is 6.18 Å². The Hall–Kier alpha value is -3.71. The van der Waals surface area contributed by atoms with Gasteiger partial charge in [0.2, 0.25) is 0 Å². The second kappa shape index (κ2) is 10.3. The Morgan fingerprint density at radius 3 is 2.37 bits per heavy atom. The fourth-order valence-corrected chi connectivity index (χ4v) is 3.29. The highest BCUT2D eigenvalue weighted by Gasteiger charge is 2.45. The van der Waals surface area contributed by atoms with E-state index >= 15 is 0 Å². The molecule has 3 rings (SSSR count). The highest BCUT2D eigenvalue weighted by molar-refractivity contribution is 6.33. The number of hydrogen-bond acceptors (Lipinski definition) is 5. The van der Waals surface area contributed by atoms with Gasteiger partial charge in [0.15, 0.2) is 0 Å². The van der Waals surface area contributed by atoms with E-state index in [4.69, 9.17) is 17.3 Å². The summed E-state index contributed by atoms with van der Waals surface area (Å²) in [7, 11) is 0. The standard InChI is InChI=1S/C21H17ClF5N5O3/c22-14-2-1-3-15(24)16(14)20(35)29-9-13(21(25,26)27)19(34)31-18(33)12-8-30-32(17(12)28)11-6-4-10(23)5-7-11/h1-8,13,19,34H,9,28H2,(H,29,35)(H,31,33). The van der Waals surface area contributed by atoms with Gasteiger partial charge in [-0.05, 0) is 36.4 Å². The van der Waals surface area contributed by atoms with Crippen molar-refractivity contribution in [2.75, 3.05) is 12.3 Å². The molecule has 0 saturated heterocycles. The number of aliphatic hydroxyl groups is 1. The highest BCUT2D eigenvalue weighted by Crippen LogP contribution is 2.29. The lowest BCUT2D eigenvalue weighted by atomic mass is 10.1. The molecule has 2 atom stereocenters. The summed E-state index contributed by atoms with van der Waals surface area (Å²) in [5, 5.41) is 17.2. The zero-order valence-electron chi connectivity index (χ0n) is 17.5. The third-order valence-electron chi connectivity index (χ3n) is 4.88. The van der Waals surface area contributed by atoms with E-state index in [1.54, 1.807) is 5.32 Å². The lowest BCUT2D eigenvalue weighted by molar-refractivity contribution is -0.200. The number of nitrogen functional groups attached to an aromatic ring is 1. The quantitative estimate of drug-likeness (QED) is 0.283. The largest absolute Gasteiger partial charge is 0.397 e. The SMILES string of the molecule is Nc1c(C(=O)NC(O)C(CNC(=O)c2c(F)cccc2Cl)C(F)(F)F)cnn1-c1ccc(F)cc1. The molecule has 0 aliphatic carbocycles. The summed E-state index contributed by atoms with van der Waals surface area (Å²) in [6.07, 6.45) is -6.65. The van der Waals surface area contributed by atoms with Crippen LogP contribution in [0.2, 0.25) is 5.02 Å². The number of hydrogen-bond donors (Lipinski definition) is 4. The maximum Gasteiger partial charge on any atom is 0.397 e. The fraction of sp³-hybridized carbons (Fsp3) is 0.190. The number of carbonyl (C=O) groups is 2. The van der Waals surface area contributed by atoms with Crippen molar-refractivity contribution >= 4 is 29.2 Å². The van der Waals surface area contributed by atoms with Gasteiger partial charge in [0.25, 0.3) is 11.8 Å². The number of aliphatic hydroxyl groups excluding tert-OH is 1. The summed E-state index contributed by atoms with van der Waals surface area (Å²) in [4.78, 5) is 24.6. The number of nitrogens with zero attached hydrogens (tertiary/aromatic N) is 2. The molecule has 0 radical (unpaired) electrons. The lowest BCUT2D eigenvalue weighted by Gasteiger charge is -2.26. The van der Waals surface area contributed by atoms with E-state index in [0.717, 1.165) is 29.1 Å². The molecule has 3 aromatic rings. The molecule has 1 aromatic heterocycles. The van der Waals surface area contributed by atoms with E-state index in [9.17, 15) is 36.6 Å².